The molecule has 28 heavy (non-hydrogen) atoms. The summed E-state index contributed by atoms with van der Waals surface area (Å²) >= 11 is 0. The molecule has 0 fully saturated rings. The van der Waals surface area contributed by atoms with Gasteiger partial charge in [0.2, 0.25) is 0 Å². The molecule has 1 aromatic carbocycles. The van der Waals surface area contributed by atoms with Crippen LogP contribution in [0.4, 0.5) is 0 Å². The molecule has 1 aromatic rings. The minimum absolute atomic E-state index is 0.108. The molecule has 1 aliphatic heterocycles. The fourth-order valence-corrected chi connectivity index (χ4v) is 3.05. The number of imide groups is 1. The topological polar surface area (TPSA) is 79.3 Å². The number of likely N-dealkylation sites (N-methyl/N-ethyl adjacent to an activating group) is 1. The second kappa shape index (κ2) is 10.8. The lowest BCUT2D eigenvalue weighted by molar-refractivity contribution is -0.137. The van der Waals surface area contributed by atoms with Gasteiger partial charge in [0, 0.05) is 33.4 Å². The van der Waals surface area contributed by atoms with Crippen LogP contribution in [0, 0.1) is 0 Å². The Labute approximate surface area is 166 Å². The summed E-state index contributed by atoms with van der Waals surface area (Å²) in [6, 6.07) is 7.19. The van der Waals surface area contributed by atoms with Crippen LogP contribution in [0.15, 0.2) is 30.0 Å². The monoisotopic (exact) mass is 390 g/mol. The third-order valence-electron chi connectivity index (χ3n) is 4.45. The number of carbonyl (C=O) groups is 2. The van der Waals surface area contributed by atoms with E-state index in [1.54, 1.807) is 36.2 Å². The van der Waals surface area contributed by atoms with Crippen molar-refractivity contribution in [3.63, 3.8) is 0 Å². The molecule has 2 rings (SSSR count). The number of nitrogens with zero attached hydrogens (tertiary/aromatic N) is 2. The van der Waals surface area contributed by atoms with Crippen molar-refractivity contribution in [2.45, 2.75) is 26.7 Å². The molecule has 0 saturated carbocycles. The number of hydrogen-bond donors (Lipinski definition) is 1. The van der Waals surface area contributed by atoms with E-state index in [-0.39, 0.29) is 25.0 Å². The van der Waals surface area contributed by atoms with E-state index in [1.165, 1.54) is 4.90 Å². The van der Waals surface area contributed by atoms with Crippen LogP contribution < -0.4 is 4.74 Å². The molecule has 7 heteroatoms. The highest BCUT2D eigenvalue weighted by Gasteiger charge is 2.40. The van der Waals surface area contributed by atoms with Crippen molar-refractivity contribution in [1.29, 1.82) is 0 Å². The standard InChI is InChI=1S/C21H30N2O5/c1-4-14-28-17-9-7-16(8-10-17)18-19(22(3)12-13-24)21(26)23(20(18)25)11-6-15-27-5-2/h7-10,24H,4-6,11-15H2,1-3H3. The van der Waals surface area contributed by atoms with Crippen LogP contribution in [-0.2, 0) is 14.3 Å². The van der Waals surface area contributed by atoms with Gasteiger partial charge in [0.15, 0.2) is 0 Å². The van der Waals surface area contributed by atoms with Gasteiger partial charge in [-0.05, 0) is 37.5 Å². The molecule has 0 aromatic heterocycles. The van der Waals surface area contributed by atoms with Crippen molar-refractivity contribution < 1.29 is 24.2 Å². The molecule has 0 atom stereocenters. The van der Waals surface area contributed by atoms with Crippen LogP contribution >= 0.6 is 0 Å². The average molecular weight is 390 g/mol. The quantitative estimate of drug-likeness (QED) is 0.434. The van der Waals surface area contributed by atoms with Gasteiger partial charge in [-0.3, -0.25) is 14.5 Å². The van der Waals surface area contributed by atoms with Crippen LogP contribution in [0.3, 0.4) is 0 Å². The van der Waals surface area contributed by atoms with Gasteiger partial charge < -0.3 is 19.5 Å². The second-order valence-corrected chi connectivity index (χ2v) is 6.55. The van der Waals surface area contributed by atoms with Crippen molar-refractivity contribution in [1.82, 2.24) is 9.80 Å². The first-order valence-corrected chi connectivity index (χ1v) is 9.78. The summed E-state index contributed by atoms with van der Waals surface area (Å²) in [6.07, 6.45) is 1.49. The third-order valence-corrected chi connectivity index (χ3v) is 4.45. The lowest BCUT2D eigenvalue weighted by Gasteiger charge is -2.20. The number of aliphatic hydroxyl groups is 1. The van der Waals surface area contributed by atoms with Crippen LogP contribution in [0.1, 0.15) is 32.3 Å². The lowest BCUT2D eigenvalue weighted by atomic mass is 10.0. The van der Waals surface area contributed by atoms with Gasteiger partial charge in [-0.1, -0.05) is 19.1 Å². The molecule has 0 unspecified atom stereocenters. The Morgan fingerprint density at radius 1 is 1.07 bits per heavy atom. The van der Waals surface area contributed by atoms with Crippen LogP contribution in [-0.4, -0.2) is 73.3 Å². The zero-order chi connectivity index (χ0) is 20.5. The summed E-state index contributed by atoms with van der Waals surface area (Å²) in [7, 11) is 1.71. The number of aliphatic hydroxyl groups excluding tert-OH is 1. The molecule has 2 amide bonds. The highest BCUT2D eigenvalue weighted by atomic mass is 16.5. The van der Waals surface area contributed by atoms with Crippen molar-refractivity contribution in [2.24, 2.45) is 0 Å². The van der Waals surface area contributed by atoms with Crippen molar-refractivity contribution in [3.8, 4) is 5.75 Å². The predicted molar refractivity (Wildman–Crippen MR) is 107 cm³/mol. The molecule has 7 nitrogen and oxygen atoms in total. The van der Waals surface area contributed by atoms with E-state index >= 15 is 0 Å². The first kappa shape index (κ1) is 21.9. The average Bonchev–Trinajstić information content (AvgIpc) is 2.94. The highest BCUT2D eigenvalue weighted by molar-refractivity contribution is 6.35. The number of ether oxygens (including phenoxy) is 2. The Hall–Kier alpha value is -2.38. The molecule has 0 radical (unpaired) electrons. The summed E-state index contributed by atoms with van der Waals surface area (Å²) < 4.78 is 10.9. The summed E-state index contributed by atoms with van der Waals surface area (Å²) in [5.41, 5.74) is 1.34. The van der Waals surface area contributed by atoms with Gasteiger partial charge >= 0.3 is 0 Å². The zero-order valence-corrected chi connectivity index (χ0v) is 16.9. The summed E-state index contributed by atoms with van der Waals surface area (Å²) in [4.78, 5) is 28.9. The number of hydrogen-bond acceptors (Lipinski definition) is 6. The largest absolute Gasteiger partial charge is 0.494 e. The molecule has 154 valence electrons. The molecule has 0 bridgehead atoms. The lowest BCUT2D eigenvalue weighted by Crippen LogP contribution is -2.36. The van der Waals surface area contributed by atoms with E-state index in [9.17, 15) is 14.7 Å². The Balaban J connectivity index is 2.29. The van der Waals surface area contributed by atoms with Crippen LogP contribution in [0.25, 0.3) is 5.57 Å². The summed E-state index contributed by atoms with van der Waals surface area (Å²) in [5, 5.41) is 9.28. The van der Waals surface area contributed by atoms with Crippen molar-refractivity contribution >= 4 is 17.4 Å². The molecule has 0 spiro atoms. The van der Waals surface area contributed by atoms with Gasteiger partial charge in [0.05, 0.1) is 18.8 Å². The molecule has 1 N–H and O–H groups in total. The molecule has 0 saturated heterocycles. The van der Waals surface area contributed by atoms with E-state index < -0.39 is 0 Å². The zero-order valence-electron chi connectivity index (χ0n) is 16.9. The van der Waals surface area contributed by atoms with E-state index in [0.29, 0.717) is 49.6 Å². The van der Waals surface area contributed by atoms with E-state index in [2.05, 4.69) is 0 Å². The summed E-state index contributed by atoms with van der Waals surface area (Å²) in [6.45, 7) is 6.11. The van der Waals surface area contributed by atoms with Crippen molar-refractivity contribution in [3.05, 3.63) is 35.5 Å². The highest BCUT2D eigenvalue weighted by Crippen LogP contribution is 2.32. The maximum atomic E-state index is 13.0. The first-order chi connectivity index (χ1) is 13.5. The Morgan fingerprint density at radius 3 is 2.39 bits per heavy atom. The number of benzene rings is 1. The minimum Gasteiger partial charge on any atom is -0.494 e. The van der Waals surface area contributed by atoms with Gasteiger partial charge in [-0.2, -0.15) is 0 Å². The van der Waals surface area contributed by atoms with Gasteiger partial charge in [0.25, 0.3) is 11.8 Å². The minimum atomic E-state index is -0.334. The molecule has 0 aliphatic carbocycles. The van der Waals surface area contributed by atoms with Gasteiger partial charge in [0.1, 0.15) is 11.4 Å². The first-order valence-electron chi connectivity index (χ1n) is 9.78. The fraction of sp³-hybridized carbons (Fsp3) is 0.524. The number of carbonyl (C=O) groups excluding carboxylic acids is 2. The maximum Gasteiger partial charge on any atom is 0.277 e. The van der Waals surface area contributed by atoms with Gasteiger partial charge in [-0.15, -0.1) is 0 Å². The van der Waals surface area contributed by atoms with E-state index in [4.69, 9.17) is 9.47 Å². The SMILES string of the molecule is CCCOc1ccc(C2=C(N(C)CCO)C(=O)N(CCCOCC)C2=O)cc1. The number of rotatable bonds is 12. The maximum absolute atomic E-state index is 13.0. The van der Waals surface area contributed by atoms with Gasteiger partial charge in [-0.25, -0.2) is 0 Å². The molecule has 1 aliphatic rings. The Morgan fingerprint density at radius 2 is 1.79 bits per heavy atom. The van der Waals surface area contributed by atoms with E-state index in [0.717, 1.165) is 12.2 Å². The summed E-state index contributed by atoms with van der Waals surface area (Å²) in [5.74, 6) is 0.0732. The Kier molecular flexibility index (Phi) is 8.47. The second-order valence-electron chi connectivity index (χ2n) is 6.55. The predicted octanol–water partition coefficient (Wildman–Crippen LogP) is 1.91. The van der Waals surface area contributed by atoms with Crippen LogP contribution in [0.5, 0.6) is 5.75 Å². The molecule has 1 heterocycles. The number of amides is 2. The third kappa shape index (κ3) is 5.11. The molecular weight excluding hydrogens is 360 g/mol. The van der Waals surface area contributed by atoms with E-state index in [1.807, 2.05) is 13.8 Å². The van der Waals surface area contributed by atoms with Crippen molar-refractivity contribution in [2.75, 3.05) is 46.6 Å². The van der Waals surface area contributed by atoms with Crippen LogP contribution in [0.2, 0.25) is 0 Å². The Bertz CT molecular complexity index is 699. The normalized spacial score (nSPS) is 14.2. The molecular formula is C21H30N2O5. The fourth-order valence-electron chi connectivity index (χ4n) is 3.05. The smallest absolute Gasteiger partial charge is 0.277 e.